The molecule has 7 unspecified atom stereocenters. The van der Waals surface area contributed by atoms with Gasteiger partial charge in [0.05, 0.1) is 24.4 Å². The van der Waals surface area contributed by atoms with Crippen LogP contribution in [0.5, 0.6) is 0 Å². The van der Waals surface area contributed by atoms with Gasteiger partial charge in [-0.15, -0.1) is 0 Å². The van der Waals surface area contributed by atoms with Crippen molar-refractivity contribution in [3.05, 3.63) is 0 Å². The van der Waals surface area contributed by atoms with E-state index >= 15 is 0 Å². The van der Waals surface area contributed by atoms with Crippen LogP contribution < -0.4 is 0 Å². The van der Waals surface area contributed by atoms with Crippen molar-refractivity contribution in [2.75, 3.05) is 0 Å². The molecule has 4 aliphatic rings. The van der Waals surface area contributed by atoms with E-state index in [1.807, 2.05) is 0 Å². The summed E-state index contributed by atoms with van der Waals surface area (Å²) in [6.45, 7) is 22.5. The summed E-state index contributed by atoms with van der Waals surface area (Å²) in [7, 11) is -7.67. The maximum Gasteiger partial charge on any atom is 0.315 e. The Morgan fingerprint density at radius 2 is 1.08 bits per heavy atom. The number of hydrogen-bond donors (Lipinski definition) is 0. The molecule has 0 amide bonds. The molecule has 0 bridgehead atoms. The van der Waals surface area contributed by atoms with E-state index < -0.39 is 33.8 Å². The largest absolute Gasteiger partial charge is 0.437 e. The molecule has 0 aromatic carbocycles. The van der Waals surface area contributed by atoms with E-state index in [2.05, 4.69) is 65.8 Å². The Balaban J connectivity index is 0.000000344. The van der Waals surface area contributed by atoms with Crippen LogP contribution in [-0.4, -0.2) is 58.2 Å². The standard InChI is InChI=1S/C17H40O4Si4.C9H16O.CH4/c1-22(2,3)19-24(7,8)21-25(9,20-23(4,5)6)13-12-15-10-11-16-17(14-15)18-16;1-2-3-7-4-5-8-9(6-7)10-8;/h15-17H,10-14H2,1-9H3;7-9H,2-6H2,1H3;1H4. The van der Waals surface area contributed by atoms with Gasteiger partial charge in [-0.1, -0.05) is 27.2 Å². The summed E-state index contributed by atoms with van der Waals surface area (Å²) >= 11 is 0. The molecule has 0 N–H and O–H groups in total. The van der Waals surface area contributed by atoms with Gasteiger partial charge in [0, 0.05) is 0 Å². The van der Waals surface area contributed by atoms with Crippen LogP contribution in [0, 0.1) is 11.8 Å². The van der Waals surface area contributed by atoms with Crippen molar-refractivity contribution in [3.63, 3.8) is 0 Å². The fraction of sp³-hybridized carbons (Fsp3) is 1.00. The fourth-order valence-electron chi connectivity index (χ4n) is 6.42. The lowest BCUT2D eigenvalue weighted by atomic mass is 9.86. The lowest BCUT2D eigenvalue weighted by molar-refractivity contribution is 0.309. The van der Waals surface area contributed by atoms with Crippen molar-refractivity contribution >= 4 is 33.8 Å². The maximum atomic E-state index is 6.78. The molecular formula is C27H60O5Si4. The van der Waals surface area contributed by atoms with Crippen LogP contribution in [0.4, 0.5) is 0 Å². The van der Waals surface area contributed by atoms with Crippen molar-refractivity contribution < 1.29 is 21.8 Å². The Morgan fingerprint density at radius 3 is 1.50 bits per heavy atom. The molecule has 0 radical (unpaired) electrons. The van der Waals surface area contributed by atoms with Crippen molar-refractivity contribution in [2.24, 2.45) is 11.8 Å². The van der Waals surface area contributed by atoms with Gasteiger partial charge in [-0.25, -0.2) is 0 Å². The SMILES string of the molecule is C.CCCC1CCC2OC2C1.C[Si](C)(C)O[Si](C)(C)O[Si](C)(CCC1CCC2OC2C1)O[Si](C)(C)C. The average molecular weight is 577 g/mol. The third-order valence-corrected chi connectivity index (χ3v) is 20.9. The monoisotopic (exact) mass is 576 g/mol. The van der Waals surface area contributed by atoms with Gasteiger partial charge in [-0.05, 0) is 122 Å². The summed E-state index contributed by atoms with van der Waals surface area (Å²) in [5, 5.41) is 0. The van der Waals surface area contributed by atoms with Gasteiger partial charge in [0.15, 0.2) is 16.6 Å². The zero-order valence-electron chi connectivity index (χ0n) is 24.6. The molecule has 7 atom stereocenters. The predicted molar refractivity (Wildman–Crippen MR) is 162 cm³/mol. The Hall–Kier alpha value is 0.668. The van der Waals surface area contributed by atoms with Crippen molar-refractivity contribution in [1.29, 1.82) is 0 Å². The first-order valence-electron chi connectivity index (χ1n) is 14.5. The number of hydrogen-bond acceptors (Lipinski definition) is 5. The topological polar surface area (TPSA) is 52.8 Å². The first kappa shape index (κ1) is 32.9. The summed E-state index contributed by atoms with van der Waals surface area (Å²) in [5.74, 6) is 1.78. The van der Waals surface area contributed by atoms with Gasteiger partial charge >= 0.3 is 17.1 Å². The van der Waals surface area contributed by atoms with Crippen LogP contribution >= 0.6 is 0 Å². The summed E-state index contributed by atoms with van der Waals surface area (Å²) in [6, 6.07) is 1.09. The molecule has 0 spiro atoms. The highest BCUT2D eigenvalue weighted by atomic mass is 28.5. The highest BCUT2D eigenvalue weighted by molar-refractivity contribution is 6.89. The normalized spacial score (nSPS) is 33.2. The van der Waals surface area contributed by atoms with E-state index in [0.717, 1.165) is 17.9 Å². The molecule has 4 rings (SSSR count). The lowest BCUT2D eigenvalue weighted by Crippen LogP contribution is -2.56. The molecular weight excluding hydrogens is 517 g/mol. The van der Waals surface area contributed by atoms with E-state index in [-0.39, 0.29) is 7.43 Å². The average Bonchev–Trinajstić information content (AvgIpc) is 3.57. The van der Waals surface area contributed by atoms with Crippen molar-refractivity contribution in [3.8, 4) is 0 Å². The molecule has 214 valence electrons. The minimum Gasteiger partial charge on any atom is -0.437 e. The van der Waals surface area contributed by atoms with Gasteiger partial charge in [0.2, 0.25) is 0 Å². The molecule has 2 heterocycles. The Morgan fingerprint density at radius 1 is 0.611 bits per heavy atom. The predicted octanol–water partition coefficient (Wildman–Crippen LogP) is 8.43. The van der Waals surface area contributed by atoms with E-state index in [1.165, 1.54) is 57.8 Å². The second-order valence-electron chi connectivity index (χ2n) is 14.2. The first-order valence-corrected chi connectivity index (χ1v) is 26.6. The van der Waals surface area contributed by atoms with Crippen LogP contribution in [0.3, 0.4) is 0 Å². The molecule has 2 aliphatic carbocycles. The Kier molecular flexibility index (Phi) is 11.8. The van der Waals surface area contributed by atoms with Crippen molar-refractivity contribution in [2.45, 2.75) is 162 Å². The van der Waals surface area contributed by atoms with Gasteiger partial charge in [0.1, 0.15) is 0 Å². The van der Waals surface area contributed by atoms with E-state index in [9.17, 15) is 0 Å². The second-order valence-corrected chi connectivity index (χ2v) is 30.6. The van der Waals surface area contributed by atoms with Gasteiger partial charge in [0.25, 0.3) is 0 Å². The first-order chi connectivity index (χ1) is 16.1. The van der Waals surface area contributed by atoms with Crippen molar-refractivity contribution in [1.82, 2.24) is 0 Å². The summed E-state index contributed by atoms with van der Waals surface area (Å²) in [6.07, 6.45) is 14.5. The zero-order chi connectivity index (χ0) is 26.1. The molecule has 36 heavy (non-hydrogen) atoms. The number of fused-ring (bicyclic) bond motifs is 2. The fourth-order valence-corrected chi connectivity index (χ4v) is 24.5. The molecule has 5 nitrogen and oxygen atoms in total. The van der Waals surface area contributed by atoms with Gasteiger partial charge < -0.3 is 21.8 Å². The second kappa shape index (κ2) is 12.9. The molecule has 2 saturated carbocycles. The Bertz CT molecular complexity index is 680. The lowest BCUT2D eigenvalue weighted by Gasteiger charge is -2.41. The van der Waals surface area contributed by atoms with Crippen LogP contribution in [0.2, 0.25) is 65.0 Å². The maximum absolute atomic E-state index is 6.78. The molecule has 2 saturated heterocycles. The molecule has 9 heteroatoms. The quantitative estimate of drug-likeness (QED) is 0.182. The number of rotatable bonds is 11. The summed E-state index contributed by atoms with van der Waals surface area (Å²) in [5.41, 5.74) is 0. The zero-order valence-corrected chi connectivity index (χ0v) is 28.6. The number of epoxide rings is 2. The minimum absolute atomic E-state index is 0. The van der Waals surface area contributed by atoms with Crippen LogP contribution in [0.1, 0.15) is 72.1 Å². The van der Waals surface area contributed by atoms with Gasteiger partial charge in [-0.2, -0.15) is 0 Å². The molecule has 0 aromatic heterocycles. The molecule has 2 aliphatic heterocycles. The summed E-state index contributed by atoms with van der Waals surface area (Å²) < 4.78 is 31.1. The molecule has 4 fully saturated rings. The smallest absolute Gasteiger partial charge is 0.315 e. The van der Waals surface area contributed by atoms with Crippen LogP contribution in [0.15, 0.2) is 0 Å². The van der Waals surface area contributed by atoms with E-state index in [1.54, 1.807) is 0 Å². The Labute approximate surface area is 228 Å². The number of ether oxygens (including phenoxy) is 2. The minimum atomic E-state index is -2.23. The van der Waals surface area contributed by atoms with E-state index in [0.29, 0.717) is 24.4 Å². The molecule has 0 aromatic rings. The third-order valence-electron chi connectivity index (χ3n) is 7.46. The van der Waals surface area contributed by atoms with Crippen LogP contribution in [-0.2, 0) is 21.8 Å². The third kappa shape index (κ3) is 11.8. The highest BCUT2D eigenvalue weighted by Gasteiger charge is 2.47. The van der Waals surface area contributed by atoms with Gasteiger partial charge in [-0.3, -0.25) is 0 Å². The summed E-state index contributed by atoms with van der Waals surface area (Å²) in [4.78, 5) is 0. The van der Waals surface area contributed by atoms with E-state index in [4.69, 9.17) is 21.8 Å². The van der Waals surface area contributed by atoms with Crippen LogP contribution in [0.25, 0.3) is 0 Å². The highest BCUT2D eigenvalue weighted by Crippen LogP contribution is 2.42.